The molecular weight excluding hydrogens is 392 g/mol. The molecule has 0 aliphatic rings. The van der Waals surface area contributed by atoms with Gasteiger partial charge < -0.3 is 18.0 Å². The maximum atomic E-state index is 5.75. The van der Waals surface area contributed by atoms with E-state index < -0.39 is 8.80 Å². The lowest BCUT2D eigenvalue weighted by molar-refractivity contribution is 0.114. The van der Waals surface area contributed by atoms with Crippen molar-refractivity contribution < 1.29 is 18.0 Å². The molecule has 5 heteroatoms. The summed E-state index contributed by atoms with van der Waals surface area (Å²) < 4.78 is 22.0. The van der Waals surface area contributed by atoms with Crippen LogP contribution in [0.1, 0.15) is 110 Å². The van der Waals surface area contributed by atoms with Crippen LogP contribution in [-0.2, 0) is 18.0 Å². The number of allylic oxidation sites excluding steroid dienone is 2. The van der Waals surface area contributed by atoms with Gasteiger partial charge in [-0.2, -0.15) is 0 Å². The SMILES string of the molecule is CCCCCCCC/C=C\CCCCCCCCOCCCC[Si](OC)(OC)OC. The monoisotopic (exact) mass is 444 g/mol. The molecule has 0 radical (unpaired) electrons. The average molecular weight is 445 g/mol. The van der Waals surface area contributed by atoms with E-state index in [1.807, 2.05) is 0 Å². The molecular formula is C25H52O4Si. The highest BCUT2D eigenvalue weighted by Gasteiger charge is 2.36. The van der Waals surface area contributed by atoms with Gasteiger partial charge in [-0.3, -0.25) is 0 Å². The van der Waals surface area contributed by atoms with Crippen molar-refractivity contribution in [3.63, 3.8) is 0 Å². The molecule has 0 aromatic heterocycles. The summed E-state index contributed by atoms with van der Waals surface area (Å²) in [6, 6.07) is 0.855. The van der Waals surface area contributed by atoms with Crippen LogP contribution in [0, 0.1) is 0 Å². The van der Waals surface area contributed by atoms with Crippen LogP contribution >= 0.6 is 0 Å². The molecule has 0 spiro atoms. The number of unbranched alkanes of at least 4 members (excludes halogenated alkanes) is 13. The lowest BCUT2D eigenvalue weighted by Gasteiger charge is -2.24. The molecule has 4 nitrogen and oxygen atoms in total. The van der Waals surface area contributed by atoms with E-state index in [0.29, 0.717) is 0 Å². The van der Waals surface area contributed by atoms with E-state index in [2.05, 4.69) is 19.1 Å². The largest absolute Gasteiger partial charge is 0.500 e. The lowest BCUT2D eigenvalue weighted by atomic mass is 10.1. The summed E-state index contributed by atoms with van der Waals surface area (Å²) in [7, 11) is 2.62. The topological polar surface area (TPSA) is 36.9 Å². The van der Waals surface area contributed by atoms with Gasteiger partial charge in [0.05, 0.1) is 0 Å². The van der Waals surface area contributed by atoms with Crippen molar-refractivity contribution in [3.05, 3.63) is 12.2 Å². The van der Waals surface area contributed by atoms with Gasteiger partial charge in [0.15, 0.2) is 0 Å². The van der Waals surface area contributed by atoms with Crippen LogP contribution in [0.4, 0.5) is 0 Å². The van der Waals surface area contributed by atoms with Crippen LogP contribution in [0.15, 0.2) is 12.2 Å². The summed E-state index contributed by atoms with van der Waals surface area (Å²) in [6.07, 6.45) is 25.7. The molecule has 0 fully saturated rings. The average Bonchev–Trinajstić information content (AvgIpc) is 2.78. The van der Waals surface area contributed by atoms with Gasteiger partial charge in [0, 0.05) is 40.6 Å². The third-order valence-electron chi connectivity index (χ3n) is 5.76. The van der Waals surface area contributed by atoms with Gasteiger partial charge in [-0.15, -0.1) is 0 Å². The minimum Gasteiger partial charge on any atom is -0.381 e. The normalized spacial score (nSPS) is 12.3. The number of rotatable bonds is 24. The lowest BCUT2D eigenvalue weighted by Crippen LogP contribution is -2.42. The third kappa shape index (κ3) is 18.6. The number of ether oxygens (including phenoxy) is 1. The fourth-order valence-electron chi connectivity index (χ4n) is 3.66. The Labute approximate surface area is 189 Å². The Kier molecular flexibility index (Phi) is 23.3. The summed E-state index contributed by atoms with van der Waals surface area (Å²) in [5.74, 6) is 0. The predicted octanol–water partition coefficient (Wildman–Crippen LogP) is 7.70. The van der Waals surface area contributed by atoms with Gasteiger partial charge in [0.25, 0.3) is 0 Å². The van der Waals surface area contributed by atoms with Gasteiger partial charge in [0.2, 0.25) is 0 Å². The molecule has 0 aliphatic carbocycles. The summed E-state index contributed by atoms with van der Waals surface area (Å²) in [4.78, 5) is 0. The Morgan fingerprint density at radius 1 is 0.533 bits per heavy atom. The molecule has 0 unspecified atom stereocenters. The molecule has 0 heterocycles. The first-order chi connectivity index (χ1) is 14.7. The maximum Gasteiger partial charge on any atom is 0.500 e. The van der Waals surface area contributed by atoms with Crippen molar-refractivity contribution in [1.29, 1.82) is 0 Å². The van der Waals surface area contributed by atoms with Crippen LogP contribution in [0.3, 0.4) is 0 Å². The van der Waals surface area contributed by atoms with Crippen molar-refractivity contribution in [3.8, 4) is 0 Å². The zero-order valence-corrected chi connectivity index (χ0v) is 21.7. The van der Waals surface area contributed by atoms with E-state index >= 15 is 0 Å². The van der Waals surface area contributed by atoms with Gasteiger partial charge in [0.1, 0.15) is 0 Å². The molecule has 0 aliphatic heterocycles. The van der Waals surface area contributed by atoms with Crippen molar-refractivity contribution in [2.45, 2.75) is 116 Å². The smallest absolute Gasteiger partial charge is 0.381 e. The first-order valence-corrected chi connectivity index (χ1v) is 14.6. The van der Waals surface area contributed by atoms with E-state index in [1.54, 1.807) is 21.3 Å². The van der Waals surface area contributed by atoms with Crippen LogP contribution in [0.5, 0.6) is 0 Å². The number of hydrogen-bond acceptors (Lipinski definition) is 4. The zero-order valence-electron chi connectivity index (χ0n) is 20.7. The molecule has 30 heavy (non-hydrogen) atoms. The zero-order chi connectivity index (χ0) is 22.2. The van der Waals surface area contributed by atoms with Crippen LogP contribution < -0.4 is 0 Å². The molecule has 0 amide bonds. The summed E-state index contributed by atoms with van der Waals surface area (Å²) in [5, 5.41) is 0. The summed E-state index contributed by atoms with van der Waals surface area (Å²) in [5.41, 5.74) is 0. The molecule has 0 N–H and O–H groups in total. The van der Waals surface area contributed by atoms with E-state index in [0.717, 1.165) is 32.1 Å². The van der Waals surface area contributed by atoms with Crippen molar-refractivity contribution in [1.82, 2.24) is 0 Å². The van der Waals surface area contributed by atoms with E-state index in [-0.39, 0.29) is 0 Å². The summed E-state index contributed by atoms with van der Waals surface area (Å²) >= 11 is 0. The van der Waals surface area contributed by atoms with Crippen molar-refractivity contribution in [2.75, 3.05) is 34.5 Å². The second-order valence-corrected chi connectivity index (χ2v) is 11.4. The molecule has 0 saturated heterocycles. The highest BCUT2D eigenvalue weighted by atomic mass is 28.4. The van der Waals surface area contributed by atoms with E-state index in [4.69, 9.17) is 18.0 Å². The van der Waals surface area contributed by atoms with Gasteiger partial charge in [-0.05, 0) is 44.9 Å². The van der Waals surface area contributed by atoms with Crippen molar-refractivity contribution >= 4 is 8.80 Å². The summed E-state index contributed by atoms with van der Waals surface area (Å²) in [6.45, 7) is 4.00. The van der Waals surface area contributed by atoms with Crippen molar-refractivity contribution in [2.24, 2.45) is 0 Å². The highest BCUT2D eigenvalue weighted by Crippen LogP contribution is 2.16. The molecule has 0 aromatic carbocycles. The molecule has 0 atom stereocenters. The highest BCUT2D eigenvalue weighted by molar-refractivity contribution is 6.60. The molecule has 180 valence electrons. The quantitative estimate of drug-likeness (QED) is 0.0868. The predicted molar refractivity (Wildman–Crippen MR) is 131 cm³/mol. The third-order valence-corrected chi connectivity index (χ3v) is 8.59. The standard InChI is InChI=1S/C25H52O4Si/c1-5-6-7-8-9-10-11-12-13-14-15-16-17-18-19-20-23-29-24-21-22-25-30(26-2,27-3)28-4/h12-13H,5-11,14-25H2,1-4H3/b13-12-. The van der Waals surface area contributed by atoms with Gasteiger partial charge in [-0.1, -0.05) is 76.9 Å². The second-order valence-electron chi connectivity index (χ2n) is 8.30. The molecule has 0 rings (SSSR count). The minimum absolute atomic E-state index is 0.826. The Hall–Kier alpha value is -0.203. The molecule has 0 bridgehead atoms. The Bertz CT molecular complexity index is 351. The number of hydrogen-bond donors (Lipinski definition) is 0. The van der Waals surface area contributed by atoms with Crippen LogP contribution in [-0.4, -0.2) is 43.3 Å². The Morgan fingerprint density at radius 2 is 0.967 bits per heavy atom. The Morgan fingerprint density at radius 3 is 1.47 bits per heavy atom. The van der Waals surface area contributed by atoms with Gasteiger partial charge in [-0.25, -0.2) is 0 Å². The first kappa shape index (κ1) is 29.8. The fourth-order valence-corrected chi connectivity index (χ4v) is 5.45. The van der Waals surface area contributed by atoms with E-state index in [9.17, 15) is 0 Å². The molecule has 0 saturated carbocycles. The first-order valence-electron chi connectivity index (χ1n) is 12.6. The van der Waals surface area contributed by atoms with Crippen LogP contribution in [0.2, 0.25) is 6.04 Å². The van der Waals surface area contributed by atoms with Gasteiger partial charge >= 0.3 is 8.80 Å². The Balaban J connectivity index is 3.24. The maximum absolute atomic E-state index is 5.75. The van der Waals surface area contributed by atoms with E-state index in [1.165, 1.54) is 89.9 Å². The fraction of sp³-hybridized carbons (Fsp3) is 0.920. The van der Waals surface area contributed by atoms with Crippen LogP contribution in [0.25, 0.3) is 0 Å². The minimum atomic E-state index is -2.39. The molecule has 0 aromatic rings. The second kappa shape index (κ2) is 23.5.